The van der Waals surface area contributed by atoms with Gasteiger partial charge in [-0.25, -0.2) is 0 Å². The number of halogens is 1. The summed E-state index contributed by atoms with van der Waals surface area (Å²) in [6.07, 6.45) is 0. The van der Waals surface area contributed by atoms with Crippen molar-refractivity contribution in [2.45, 2.75) is 0 Å². The van der Waals surface area contributed by atoms with Gasteiger partial charge in [-0.3, -0.25) is 0 Å². The molecule has 0 N–H and O–H groups in total. The molecule has 2 rings (SSSR count). The van der Waals surface area contributed by atoms with Gasteiger partial charge in [-0.15, -0.1) is 17.0 Å². The van der Waals surface area contributed by atoms with E-state index in [2.05, 4.69) is 48.5 Å². The minimum Gasteiger partial charge on any atom is -1.00 e. The zero-order valence-corrected chi connectivity index (χ0v) is 12.3. The third-order valence-corrected chi connectivity index (χ3v) is 1.88. The van der Waals surface area contributed by atoms with Crippen molar-refractivity contribution in [1.82, 2.24) is 0 Å². The van der Waals surface area contributed by atoms with Crippen LogP contribution in [0.1, 0.15) is 2.85 Å². The Labute approximate surface area is 131 Å². The normalized spacial score (nSPS) is 7.73. The summed E-state index contributed by atoms with van der Waals surface area (Å²) in [5.41, 5.74) is 2.55. The molecule has 2 aromatic rings. The molecule has 0 aliphatic rings. The molecule has 15 heavy (non-hydrogen) atoms. The summed E-state index contributed by atoms with van der Waals surface area (Å²) < 4.78 is 0. The number of benzene rings is 2. The Bertz CT molecular complexity index is 322. The summed E-state index contributed by atoms with van der Waals surface area (Å²) in [7, 11) is 0. The molecule has 0 heterocycles. The molecule has 0 nitrogen and oxygen atoms in total. The van der Waals surface area contributed by atoms with E-state index in [9.17, 15) is 0 Å². The Hall–Kier alpha value is 0.206. The van der Waals surface area contributed by atoms with Gasteiger partial charge < -0.3 is 2.85 Å². The van der Waals surface area contributed by atoms with Crippen molar-refractivity contribution in [1.29, 1.82) is 0 Å². The Morgan fingerprint density at radius 3 is 1.13 bits per heavy atom. The van der Waals surface area contributed by atoms with Gasteiger partial charge in [0.15, 0.2) is 0 Å². The summed E-state index contributed by atoms with van der Waals surface area (Å²) >= 11 is 0. The van der Waals surface area contributed by atoms with Crippen LogP contribution >= 0.6 is 17.0 Å². The summed E-state index contributed by atoms with van der Waals surface area (Å²) in [6.45, 7) is 0. The first-order valence-electron chi connectivity index (χ1n) is 4.07. The molecule has 0 saturated carbocycles. The molecule has 0 atom stereocenters. The maximum atomic E-state index is 2.12. The van der Waals surface area contributed by atoms with Crippen molar-refractivity contribution < 1.29 is 19.9 Å². The molecule has 0 unspecified atom stereocenters. The second kappa shape index (κ2) is 9.43. The second-order valence-electron chi connectivity index (χ2n) is 2.73. The SMILES string of the molecule is Br.[Cu].[H-].[H-].[Mg+2].c1ccc(-c2ccccc2)cc1. The van der Waals surface area contributed by atoms with Crippen LogP contribution in [0.5, 0.6) is 0 Å². The molecule has 0 aliphatic carbocycles. The van der Waals surface area contributed by atoms with E-state index >= 15 is 0 Å². The maximum Gasteiger partial charge on any atom is 2.00 e. The summed E-state index contributed by atoms with van der Waals surface area (Å²) in [5.74, 6) is 0. The van der Waals surface area contributed by atoms with Gasteiger partial charge in [-0.05, 0) is 11.1 Å². The van der Waals surface area contributed by atoms with Crippen molar-refractivity contribution in [3.05, 3.63) is 60.7 Å². The topological polar surface area (TPSA) is 0 Å². The van der Waals surface area contributed by atoms with Crippen LogP contribution in [0.3, 0.4) is 0 Å². The molecule has 0 fully saturated rings. The largest absolute Gasteiger partial charge is 2.00 e. The van der Waals surface area contributed by atoms with Gasteiger partial charge in [0.1, 0.15) is 0 Å². The van der Waals surface area contributed by atoms with E-state index in [0.717, 1.165) is 0 Å². The maximum absolute atomic E-state index is 2.12. The van der Waals surface area contributed by atoms with E-state index in [4.69, 9.17) is 0 Å². The molecule has 0 saturated heterocycles. The van der Waals surface area contributed by atoms with Crippen LogP contribution in [0.25, 0.3) is 11.1 Å². The van der Waals surface area contributed by atoms with Gasteiger partial charge >= 0.3 is 23.1 Å². The first-order chi connectivity index (χ1) is 5.97. The van der Waals surface area contributed by atoms with E-state index in [1.54, 1.807) is 0 Å². The van der Waals surface area contributed by atoms with Crippen LogP contribution in [0.4, 0.5) is 0 Å². The first-order valence-corrected chi connectivity index (χ1v) is 4.07. The van der Waals surface area contributed by atoms with Crippen LogP contribution in [0.2, 0.25) is 0 Å². The minimum atomic E-state index is 0. The van der Waals surface area contributed by atoms with Crippen LogP contribution < -0.4 is 0 Å². The van der Waals surface area contributed by atoms with E-state index in [0.29, 0.717) is 0 Å². The van der Waals surface area contributed by atoms with Crippen LogP contribution in [0, 0.1) is 0 Å². The third-order valence-electron chi connectivity index (χ3n) is 1.88. The molecule has 0 bridgehead atoms. The van der Waals surface area contributed by atoms with Gasteiger partial charge in [-0.2, -0.15) is 0 Å². The molecule has 1 radical (unpaired) electrons. The van der Waals surface area contributed by atoms with Gasteiger partial charge in [0.2, 0.25) is 0 Å². The van der Waals surface area contributed by atoms with Crippen LogP contribution in [-0.2, 0) is 17.1 Å². The minimum absolute atomic E-state index is 0. The van der Waals surface area contributed by atoms with E-state index in [1.807, 2.05) is 12.1 Å². The molecule has 0 aliphatic heterocycles. The monoisotopic (exact) mass is 323 g/mol. The average molecular weight is 325 g/mol. The Kier molecular flexibility index (Phi) is 11.1. The molecular weight excluding hydrogens is 312 g/mol. The molecule has 81 valence electrons. The van der Waals surface area contributed by atoms with Gasteiger partial charge in [0.25, 0.3) is 0 Å². The van der Waals surface area contributed by atoms with Gasteiger partial charge in [0.05, 0.1) is 0 Å². The molecular formula is C12H13BrCuMg. The Morgan fingerprint density at radius 1 is 0.600 bits per heavy atom. The van der Waals surface area contributed by atoms with Crippen molar-refractivity contribution in [2.24, 2.45) is 0 Å². The second-order valence-corrected chi connectivity index (χ2v) is 2.73. The summed E-state index contributed by atoms with van der Waals surface area (Å²) in [5, 5.41) is 0. The number of rotatable bonds is 1. The standard InChI is InChI=1S/C12H10.BrH.Cu.Mg.2H/c1-3-7-11(8-4-1)12-9-5-2-6-10-12;;;;;/h1-10H;1H;;;;/q;;;+2;2*-1. The van der Waals surface area contributed by atoms with Crippen LogP contribution in [0.15, 0.2) is 60.7 Å². The quantitative estimate of drug-likeness (QED) is 0.700. The third kappa shape index (κ3) is 5.18. The van der Waals surface area contributed by atoms with Crippen molar-refractivity contribution >= 4 is 40.0 Å². The summed E-state index contributed by atoms with van der Waals surface area (Å²) in [6, 6.07) is 20.8. The predicted octanol–water partition coefficient (Wildman–Crippen LogP) is 3.77. The molecule has 3 heteroatoms. The van der Waals surface area contributed by atoms with Crippen LogP contribution in [-0.4, -0.2) is 23.1 Å². The fraction of sp³-hybridized carbons (Fsp3) is 0. The van der Waals surface area contributed by atoms with Gasteiger partial charge in [0, 0.05) is 17.1 Å². The van der Waals surface area contributed by atoms with Crippen molar-refractivity contribution in [3.63, 3.8) is 0 Å². The van der Waals surface area contributed by atoms with E-state index in [-0.39, 0.29) is 60.0 Å². The molecule has 0 amide bonds. The average Bonchev–Trinajstić information content (AvgIpc) is 2.21. The summed E-state index contributed by atoms with van der Waals surface area (Å²) in [4.78, 5) is 0. The predicted molar refractivity (Wildman–Crippen MR) is 70.2 cm³/mol. The van der Waals surface area contributed by atoms with E-state index in [1.165, 1.54) is 11.1 Å². The Morgan fingerprint density at radius 2 is 0.867 bits per heavy atom. The molecule has 2 aromatic carbocycles. The van der Waals surface area contributed by atoms with Gasteiger partial charge in [-0.1, -0.05) is 60.7 Å². The molecule has 0 spiro atoms. The fourth-order valence-corrected chi connectivity index (χ4v) is 1.26. The molecule has 0 aromatic heterocycles. The zero-order valence-electron chi connectivity index (χ0n) is 10.2. The zero-order chi connectivity index (χ0) is 8.23. The smallest absolute Gasteiger partial charge is 1.00 e. The van der Waals surface area contributed by atoms with E-state index < -0.39 is 0 Å². The first kappa shape index (κ1) is 17.6. The fourth-order valence-electron chi connectivity index (χ4n) is 1.26. The number of hydrogen-bond acceptors (Lipinski definition) is 0. The van der Waals surface area contributed by atoms with Crippen molar-refractivity contribution in [2.75, 3.05) is 0 Å². The number of hydrogen-bond donors (Lipinski definition) is 0. The van der Waals surface area contributed by atoms with Crippen molar-refractivity contribution in [3.8, 4) is 11.1 Å². The Balaban J connectivity index is -0.000000169.